The van der Waals surface area contributed by atoms with Crippen LogP contribution in [0.25, 0.3) is 0 Å². The predicted molar refractivity (Wildman–Crippen MR) is 105 cm³/mol. The summed E-state index contributed by atoms with van der Waals surface area (Å²) in [6.07, 6.45) is 0. The van der Waals surface area contributed by atoms with Crippen LogP contribution in [0, 0.1) is 72.5 Å². The van der Waals surface area contributed by atoms with Crippen LogP contribution in [-0.4, -0.2) is 11.7 Å². The maximum Gasteiger partial charge on any atom is 0.201 e. The molecule has 2 aromatic rings. The van der Waals surface area contributed by atoms with Crippen LogP contribution >= 0.6 is 22.7 Å². The average molecular weight is 393 g/mol. The Morgan fingerprint density at radius 3 is 1.96 bits per heavy atom. The molecule has 0 aliphatic heterocycles. The van der Waals surface area contributed by atoms with Gasteiger partial charge in [0.15, 0.2) is 5.78 Å². The zero-order valence-corrected chi connectivity index (χ0v) is 16.9. The Morgan fingerprint density at radius 2 is 1.59 bits per heavy atom. The van der Waals surface area contributed by atoms with Gasteiger partial charge in [0.2, 0.25) is 5.41 Å². The first-order valence-corrected chi connectivity index (χ1v) is 9.60. The van der Waals surface area contributed by atoms with E-state index in [4.69, 9.17) is 5.41 Å². The van der Waals surface area contributed by atoms with Gasteiger partial charge in [0.1, 0.15) is 11.6 Å². The topological polar surface area (TPSA) is 112 Å². The number of nitrogens with one attached hydrogen (secondary N) is 1. The number of carbonyl (C=O) groups excluding carboxylic acids is 1. The largest absolute Gasteiger partial charge is 0.293 e. The van der Waals surface area contributed by atoms with E-state index in [1.807, 2.05) is 45.7 Å². The number of allylic oxidation sites excluding steroid dienone is 1. The Kier molecular flexibility index (Phi) is 5.79. The zero-order chi connectivity index (χ0) is 20.4. The lowest BCUT2D eigenvalue weighted by Crippen LogP contribution is -2.34. The van der Waals surface area contributed by atoms with E-state index in [0.29, 0.717) is 11.1 Å². The molecule has 2 aromatic heterocycles. The van der Waals surface area contributed by atoms with Gasteiger partial charge in [0, 0.05) is 25.1 Å². The monoisotopic (exact) mass is 392 g/mol. The molecule has 0 aromatic carbocycles. The predicted octanol–water partition coefficient (Wildman–Crippen LogP) is 4.74. The van der Waals surface area contributed by atoms with Crippen LogP contribution in [0.5, 0.6) is 0 Å². The highest BCUT2D eigenvalue weighted by Crippen LogP contribution is 2.46. The van der Waals surface area contributed by atoms with Crippen molar-refractivity contribution in [1.29, 1.82) is 21.2 Å². The van der Waals surface area contributed by atoms with Gasteiger partial charge in [-0.25, -0.2) is 0 Å². The lowest BCUT2D eigenvalue weighted by atomic mass is 9.67. The second kappa shape index (κ2) is 7.70. The second-order valence-electron chi connectivity index (χ2n) is 6.14. The lowest BCUT2D eigenvalue weighted by Gasteiger charge is -2.27. The van der Waals surface area contributed by atoms with Crippen molar-refractivity contribution in [3.8, 4) is 18.2 Å². The molecule has 2 rings (SSSR count). The zero-order valence-electron chi connectivity index (χ0n) is 15.3. The molecule has 1 atom stereocenters. The van der Waals surface area contributed by atoms with Crippen molar-refractivity contribution in [1.82, 2.24) is 0 Å². The molecular weight excluding hydrogens is 376 g/mol. The summed E-state index contributed by atoms with van der Waals surface area (Å²) in [5.41, 5.74) is -1.60. The van der Waals surface area contributed by atoms with Crippen LogP contribution < -0.4 is 0 Å². The summed E-state index contributed by atoms with van der Waals surface area (Å²) in [7, 11) is 0. The highest BCUT2D eigenvalue weighted by molar-refractivity contribution is 7.12. The molecule has 0 radical (unpaired) electrons. The molecule has 0 saturated heterocycles. The minimum atomic E-state index is -2.12. The van der Waals surface area contributed by atoms with Crippen molar-refractivity contribution >= 4 is 34.3 Å². The number of hydrogen-bond acceptors (Lipinski definition) is 7. The van der Waals surface area contributed by atoms with Crippen LogP contribution in [0.15, 0.2) is 17.7 Å². The van der Waals surface area contributed by atoms with Gasteiger partial charge in [-0.05, 0) is 51.3 Å². The maximum atomic E-state index is 13.5. The molecule has 5 nitrogen and oxygen atoms in total. The van der Waals surface area contributed by atoms with Crippen molar-refractivity contribution in [2.24, 2.45) is 5.41 Å². The SMILES string of the molecule is Cc1cc(C(=O)C(c2cc(C)sc2C)C(C#N)(C#N)C(=C=N)C#N)c(C)s1. The fourth-order valence-electron chi connectivity index (χ4n) is 3.16. The standard InChI is InChI=1S/C20H16N4OS2/c1-11-5-16(13(3)26-11)18(19(25)17-6-12(2)27-14(17)4)20(9-23,10-24)15(7-21)8-22/h5-6,18,21H,1-4H3. The van der Waals surface area contributed by atoms with E-state index in [1.54, 1.807) is 18.2 Å². The van der Waals surface area contributed by atoms with Gasteiger partial charge in [-0.3, -0.25) is 10.2 Å². The Hall–Kier alpha value is -3.01. The Morgan fingerprint density at radius 1 is 1.04 bits per heavy atom. The molecule has 27 heavy (non-hydrogen) atoms. The van der Waals surface area contributed by atoms with E-state index in [2.05, 4.69) is 0 Å². The summed E-state index contributed by atoms with van der Waals surface area (Å²) < 4.78 is 0. The number of hydrogen-bond donors (Lipinski definition) is 1. The third-order valence-electron chi connectivity index (χ3n) is 4.38. The third kappa shape index (κ3) is 3.35. The van der Waals surface area contributed by atoms with E-state index < -0.39 is 22.7 Å². The van der Waals surface area contributed by atoms with Crippen molar-refractivity contribution in [3.63, 3.8) is 0 Å². The molecule has 0 aliphatic carbocycles. The molecule has 0 fully saturated rings. The van der Waals surface area contributed by atoms with Gasteiger partial charge in [-0.15, -0.1) is 22.7 Å². The number of nitrogens with zero attached hydrogens (tertiary/aromatic N) is 3. The third-order valence-corrected chi connectivity index (χ3v) is 6.32. The van der Waals surface area contributed by atoms with Crippen molar-refractivity contribution < 1.29 is 4.79 Å². The Balaban J connectivity index is 2.88. The van der Waals surface area contributed by atoms with E-state index in [0.717, 1.165) is 19.5 Å². The molecule has 2 heterocycles. The molecule has 0 saturated carbocycles. The van der Waals surface area contributed by atoms with E-state index in [1.165, 1.54) is 22.7 Å². The molecule has 0 spiro atoms. The highest BCUT2D eigenvalue weighted by atomic mass is 32.1. The van der Waals surface area contributed by atoms with Gasteiger partial charge in [-0.2, -0.15) is 15.8 Å². The number of rotatable bonds is 5. The van der Waals surface area contributed by atoms with Crippen molar-refractivity contribution in [2.45, 2.75) is 33.6 Å². The van der Waals surface area contributed by atoms with Crippen LogP contribution in [-0.2, 0) is 0 Å². The molecule has 7 heteroatoms. The lowest BCUT2D eigenvalue weighted by molar-refractivity contribution is 0.0933. The van der Waals surface area contributed by atoms with Gasteiger partial charge < -0.3 is 0 Å². The smallest absolute Gasteiger partial charge is 0.201 e. The second-order valence-corrected chi connectivity index (χ2v) is 9.06. The fraction of sp³-hybridized carbons (Fsp3) is 0.300. The maximum absolute atomic E-state index is 13.5. The van der Waals surface area contributed by atoms with Crippen LogP contribution in [0.2, 0.25) is 0 Å². The summed E-state index contributed by atoms with van der Waals surface area (Å²) >= 11 is 2.91. The molecule has 0 aliphatic rings. The molecule has 1 unspecified atom stereocenters. The number of thiophene rings is 2. The Bertz CT molecular complexity index is 1080. The number of Topliss-reactive ketones (excluding diaryl/α,β-unsaturated/α-hetero) is 1. The van der Waals surface area contributed by atoms with Gasteiger partial charge in [0.25, 0.3) is 0 Å². The van der Waals surface area contributed by atoms with Crippen molar-refractivity contribution in [2.75, 3.05) is 0 Å². The first kappa shape index (κ1) is 20.3. The quantitative estimate of drug-likeness (QED) is 0.450. The Labute approximate surface area is 165 Å². The van der Waals surface area contributed by atoms with E-state index in [9.17, 15) is 20.6 Å². The van der Waals surface area contributed by atoms with Gasteiger partial charge in [0.05, 0.1) is 18.1 Å². The number of aryl methyl sites for hydroxylation is 4. The van der Waals surface area contributed by atoms with E-state index >= 15 is 0 Å². The van der Waals surface area contributed by atoms with Crippen molar-refractivity contribution in [3.05, 3.63) is 48.3 Å². The van der Waals surface area contributed by atoms with Crippen LogP contribution in [0.3, 0.4) is 0 Å². The molecule has 134 valence electrons. The minimum Gasteiger partial charge on any atom is -0.293 e. The van der Waals surface area contributed by atoms with Crippen LogP contribution in [0.4, 0.5) is 0 Å². The summed E-state index contributed by atoms with van der Waals surface area (Å²) in [6.45, 7) is 7.38. The van der Waals surface area contributed by atoms with Gasteiger partial charge in [-0.1, -0.05) is 0 Å². The fourth-order valence-corrected chi connectivity index (χ4v) is 5.06. The summed E-state index contributed by atoms with van der Waals surface area (Å²) in [6, 6.07) is 8.97. The minimum absolute atomic E-state index is 0.399. The van der Waals surface area contributed by atoms with Crippen LogP contribution in [0.1, 0.15) is 41.3 Å². The number of ketones is 1. The number of nitriles is 3. The first-order valence-electron chi connectivity index (χ1n) is 7.96. The molecule has 0 amide bonds. The first-order chi connectivity index (χ1) is 12.7. The molecule has 1 N–H and O–H groups in total. The molecular formula is C20H16N4OS2. The highest BCUT2D eigenvalue weighted by Gasteiger charge is 2.50. The summed E-state index contributed by atoms with van der Waals surface area (Å²) in [4.78, 5) is 17.0. The van der Waals surface area contributed by atoms with E-state index in [-0.39, 0.29) is 0 Å². The summed E-state index contributed by atoms with van der Waals surface area (Å²) in [5, 5.41) is 36.6. The summed E-state index contributed by atoms with van der Waals surface area (Å²) in [5.74, 6) is 0.302. The van der Waals surface area contributed by atoms with Gasteiger partial charge >= 0.3 is 0 Å². The normalized spacial score (nSPS) is 11.6. The number of carbonyl (C=O) groups is 1. The average Bonchev–Trinajstić information content (AvgIpc) is 3.14. The molecule has 0 bridgehead atoms.